The molecule has 0 bridgehead atoms. The molecule has 0 saturated carbocycles. The van der Waals surface area contributed by atoms with Crippen LogP contribution in [0.4, 0.5) is 0 Å². The SMILES string of the molecule is CC(=O)N1CCCC(Cn2cnc3cc(Cl)nnc32)C1. The van der Waals surface area contributed by atoms with Crippen molar-refractivity contribution in [1.82, 2.24) is 24.6 Å². The summed E-state index contributed by atoms with van der Waals surface area (Å²) in [7, 11) is 0. The summed E-state index contributed by atoms with van der Waals surface area (Å²) in [6.07, 6.45) is 3.93. The van der Waals surface area contributed by atoms with Crippen molar-refractivity contribution in [3.05, 3.63) is 17.5 Å². The second-order valence-corrected chi connectivity index (χ2v) is 5.63. The summed E-state index contributed by atoms with van der Waals surface area (Å²) < 4.78 is 1.99. The molecule has 1 fully saturated rings. The van der Waals surface area contributed by atoms with Crippen molar-refractivity contribution >= 4 is 28.7 Å². The molecule has 2 aromatic heterocycles. The lowest BCUT2D eigenvalue weighted by Crippen LogP contribution is -2.39. The lowest BCUT2D eigenvalue weighted by molar-refractivity contribution is -0.130. The molecule has 106 valence electrons. The topological polar surface area (TPSA) is 63.9 Å². The quantitative estimate of drug-likeness (QED) is 0.846. The minimum atomic E-state index is 0.150. The van der Waals surface area contributed by atoms with E-state index in [1.807, 2.05) is 9.47 Å². The maximum Gasteiger partial charge on any atom is 0.219 e. The number of likely N-dealkylation sites (tertiary alicyclic amines) is 1. The maximum atomic E-state index is 11.5. The fourth-order valence-corrected chi connectivity index (χ4v) is 2.89. The lowest BCUT2D eigenvalue weighted by atomic mass is 9.98. The Balaban J connectivity index is 1.77. The first-order valence-corrected chi connectivity index (χ1v) is 7.11. The Morgan fingerprint density at radius 2 is 2.35 bits per heavy atom. The highest BCUT2D eigenvalue weighted by molar-refractivity contribution is 6.29. The van der Waals surface area contributed by atoms with Gasteiger partial charge in [0.1, 0.15) is 5.52 Å². The minimum Gasteiger partial charge on any atom is -0.343 e. The van der Waals surface area contributed by atoms with E-state index in [9.17, 15) is 4.79 Å². The number of aromatic nitrogens is 4. The summed E-state index contributed by atoms with van der Waals surface area (Å²) >= 11 is 5.81. The van der Waals surface area contributed by atoms with E-state index in [0.717, 1.165) is 43.6 Å². The third-order valence-corrected chi connectivity index (χ3v) is 3.94. The summed E-state index contributed by atoms with van der Waals surface area (Å²) in [6.45, 7) is 4.10. The van der Waals surface area contributed by atoms with E-state index in [2.05, 4.69) is 15.2 Å². The van der Waals surface area contributed by atoms with Gasteiger partial charge in [0.05, 0.1) is 6.33 Å². The highest BCUT2D eigenvalue weighted by Crippen LogP contribution is 2.20. The zero-order valence-corrected chi connectivity index (χ0v) is 12.0. The van der Waals surface area contributed by atoms with Crippen molar-refractivity contribution in [2.24, 2.45) is 5.92 Å². The number of halogens is 1. The Hall–Kier alpha value is -1.69. The normalized spacial score (nSPS) is 19.5. The van der Waals surface area contributed by atoms with Crippen LogP contribution >= 0.6 is 11.6 Å². The summed E-state index contributed by atoms with van der Waals surface area (Å²) in [5.41, 5.74) is 1.50. The first-order valence-electron chi connectivity index (χ1n) is 6.73. The average molecular weight is 294 g/mol. The number of carbonyl (C=O) groups is 1. The van der Waals surface area contributed by atoms with Gasteiger partial charge in [-0.05, 0) is 18.8 Å². The van der Waals surface area contributed by atoms with E-state index >= 15 is 0 Å². The standard InChI is InChI=1S/C13H16ClN5O/c1-9(20)18-4-2-3-10(6-18)7-19-8-15-11-5-12(14)16-17-13(11)19/h5,8,10H,2-4,6-7H2,1H3. The van der Waals surface area contributed by atoms with Gasteiger partial charge in [-0.1, -0.05) is 11.6 Å². The Labute approximate surface area is 121 Å². The van der Waals surface area contributed by atoms with Crippen molar-refractivity contribution in [2.75, 3.05) is 13.1 Å². The molecule has 0 N–H and O–H groups in total. The smallest absolute Gasteiger partial charge is 0.219 e. The van der Waals surface area contributed by atoms with Gasteiger partial charge in [-0.2, -0.15) is 0 Å². The molecule has 1 aliphatic heterocycles. The molecular formula is C13H16ClN5O. The second kappa shape index (κ2) is 5.36. The summed E-state index contributed by atoms with van der Waals surface area (Å²) in [4.78, 5) is 17.7. The van der Waals surface area contributed by atoms with E-state index in [1.54, 1.807) is 19.3 Å². The molecule has 0 spiro atoms. The Bertz CT molecular complexity index is 641. The van der Waals surface area contributed by atoms with Gasteiger partial charge in [0.15, 0.2) is 10.8 Å². The van der Waals surface area contributed by atoms with Crippen LogP contribution in [-0.4, -0.2) is 43.6 Å². The lowest BCUT2D eigenvalue weighted by Gasteiger charge is -2.32. The summed E-state index contributed by atoms with van der Waals surface area (Å²) in [6, 6.07) is 1.71. The zero-order valence-electron chi connectivity index (χ0n) is 11.3. The first kappa shape index (κ1) is 13.3. The highest BCUT2D eigenvalue weighted by atomic mass is 35.5. The zero-order chi connectivity index (χ0) is 14.1. The number of hydrogen-bond donors (Lipinski definition) is 0. The Kier molecular flexibility index (Phi) is 3.56. The largest absolute Gasteiger partial charge is 0.343 e. The van der Waals surface area contributed by atoms with Gasteiger partial charge in [0, 0.05) is 32.6 Å². The van der Waals surface area contributed by atoms with E-state index in [4.69, 9.17) is 11.6 Å². The van der Waals surface area contributed by atoms with Crippen LogP contribution in [0.25, 0.3) is 11.2 Å². The monoisotopic (exact) mass is 293 g/mol. The van der Waals surface area contributed by atoms with Gasteiger partial charge in [0.25, 0.3) is 0 Å². The van der Waals surface area contributed by atoms with Crippen molar-refractivity contribution < 1.29 is 4.79 Å². The van der Waals surface area contributed by atoms with Crippen LogP contribution in [0.3, 0.4) is 0 Å². The molecule has 1 saturated heterocycles. The molecule has 3 heterocycles. The molecule has 0 radical (unpaired) electrons. The number of piperidine rings is 1. The molecule has 1 unspecified atom stereocenters. The number of fused-ring (bicyclic) bond motifs is 1. The summed E-state index contributed by atoms with van der Waals surface area (Å²) in [5, 5.41) is 8.31. The Morgan fingerprint density at radius 1 is 1.50 bits per heavy atom. The first-order chi connectivity index (χ1) is 9.63. The van der Waals surface area contributed by atoms with Crippen LogP contribution in [0.2, 0.25) is 5.15 Å². The van der Waals surface area contributed by atoms with Gasteiger partial charge in [-0.25, -0.2) is 4.98 Å². The number of amides is 1. The molecule has 3 rings (SSSR count). The van der Waals surface area contributed by atoms with Crippen LogP contribution in [0.1, 0.15) is 19.8 Å². The molecule has 0 aromatic carbocycles. The van der Waals surface area contributed by atoms with Crippen LogP contribution in [-0.2, 0) is 11.3 Å². The fourth-order valence-electron chi connectivity index (χ4n) is 2.75. The third kappa shape index (κ3) is 2.60. The molecule has 0 aliphatic carbocycles. The van der Waals surface area contributed by atoms with Crippen LogP contribution < -0.4 is 0 Å². The van der Waals surface area contributed by atoms with Crippen LogP contribution in [0.5, 0.6) is 0 Å². The molecule has 6 nitrogen and oxygen atoms in total. The van der Waals surface area contributed by atoms with E-state index < -0.39 is 0 Å². The molecule has 1 aliphatic rings. The number of hydrogen-bond acceptors (Lipinski definition) is 4. The van der Waals surface area contributed by atoms with Gasteiger partial charge in [-0.3, -0.25) is 4.79 Å². The minimum absolute atomic E-state index is 0.150. The molecule has 1 atom stereocenters. The van der Waals surface area contributed by atoms with E-state index in [-0.39, 0.29) is 5.91 Å². The molecule has 2 aromatic rings. The van der Waals surface area contributed by atoms with Gasteiger partial charge >= 0.3 is 0 Å². The number of nitrogens with zero attached hydrogens (tertiary/aromatic N) is 5. The molecule has 7 heteroatoms. The van der Waals surface area contributed by atoms with E-state index in [0.29, 0.717) is 11.1 Å². The van der Waals surface area contributed by atoms with Crippen molar-refractivity contribution in [2.45, 2.75) is 26.3 Å². The molecule has 1 amide bonds. The van der Waals surface area contributed by atoms with Crippen LogP contribution in [0.15, 0.2) is 12.4 Å². The number of imidazole rings is 1. The predicted octanol–water partition coefficient (Wildman–Crippen LogP) is 1.74. The number of rotatable bonds is 2. The van der Waals surface area contributed by atoms with Crippen LogP contribution in [0, 0.1) is 5.92 Å². The predicted molar refractivity (Wildman–Crippen MR) is 75.3 cm³/mol. The third-order valence-electron chi connectivity index (χ3n) is 3.75. The van der Waals surface area contributed by atoms with Crippen molar-refractivity contribution in [3.63, 3.8) is 0 Å². The number of carbonyl (C=O) groups excluding carboxylic acids is 1. The van der Waals surface area contributed by atoms with E-state index in [1.165, 1.54) is 0 Å². The van der Waals surface area contributed by atoms with Crippen molar-refractivity contribution in [3.8, 4) is 0 Å². The fraction of sp³-hybridized carbons (Fsp3) is 0.538. The molecule has 20 heavy (non-hydrogen) atoms. The second-order valence-electron chi connectivity index (χ2n) is 5.25. The average Bonchev–Trinajstić information content (AvgIpc) is 2.81. The van der Waals surface area contributed by atoms with Crippen molar-refractivity contribution in [1.29, 1.82) is 0 Å². The molecular weight excluding hydrogens is 278 g/mol. The van der Waals surface area contributed by atoms with Gasteiger partial charge in [0.2, 0.25) is 5.91 Å². The highest BCUT2D eigenvalue weighted by Gasteiger charge is 2.22. The van der Waals surface area contributed by atoms with Gasteiger partial charge < -0.3 is 9.47 Å². The Morgan fingerprint density at radius 3 is 3.15 bits per heavy atom. The summed E-state index contributed by atoms with van der Waals surface area (Å²) in [5.74, 6) is 0.583. The van der Waals surface area contributed by atoms with Gasteiger partial charge in [-0.15, -0.1) is 10.2 Å². The maximum absolute atomic E-state index is 11.5.